The Morgan fingerprint density at radius 1 is 1.42 bits per heavy atom. The van der Waals surface area contributed by atoms with Crippen LogP contribution < -0.4 is 4.74 Å². The smallest absolute Gasteiger partial charge is 0.119 e. The number of aromatic nitrogens is 1. The van der Waals surface area contributed by atoms with E-state index in [1.54, 1.807) is 7.11 Å². The van der Waals surface area contributed by atoms with Crippen molar-refractivity contribution in [3.05, 3.63) is 30.0 Å². The van der Waals surface area contributed by atoms with Crippen LogP contribution in [0.2, 0.25) is 0 Å². The van der Waals surface area contributed by atoms with E-state index in [0.29, 0.717) is 32.7 Å². The molecule has 102 valence electrons. The summed E-state index contributed by atoms with van der Waals surface area (Å²) in [6.07, 6.45) is 2.24. The lowest BCUT2D eigenvalue weighted by Gasteiger charge is -2.26. The number of morpholine rings is 1. The molecule has 19 heavy (non-hydrogen) atoms. The molecule has 1 aromatic heterocycles. The summed E-state index contributed by atoms with van der Waals surface area (Å²) in [5.74, 6) is 0.787. The number of methoxy groups -OCH3 is 1. The number of hydrogen-bond acceptors (Lipinski definition) is 3. The van der Waals surface area contributed by atoms with Gasteiger partial charge in [-0.2, -0.15) is 0 Å². The third-order valence-corrected chi connectivity index (χ3v) is 3.48. The Balaban J connectivity index is 1.86. The maximum Gasteiger partial charge on any atom is 0.119 e. The lowest BCUT2D eigenvalue weighted by molar-refractivity contribution is 0.0385. The zero-order valence-electron chi connectivity index (χ0n) is 13.1. The van der Waals surface area contributed by atoms with Gasteiger partial charge in [-0.1, -0.05) is 0 Å². The second kappa shape index (κ2) is 5.63. The van der Waals surface area contributed by atoms with Crippen LogP contribution in [0, 0.1) is 0 Å². The fourth-order valence-electron chi connectivity index (χ4n) is 2.35. The van der Waals surface area contributed by atoms with E-state index >= 15 is 0 Å². The van der Waals surface area contributed by atoms with Gasteiger partial charge in [0.05, 0.1) is 20.3 Å². The Morgan fingerprint density at radius 2 is 2.26 bits per heavy atom. The van der Waals surface area contributed by atoms with Gasteiger partial charge in [0.15, 0.2) is 0 Å². The molecule has 0 saturated carbocycles. The first-order chi connectivity index (χ1) is 10.1. The molecule has 0 amide bonds. The number of ether oxygens (including phenoxy) is 2. The lowest BCUT2D eigenvalue weighted by atomic mass is 10.1. The number of nitrogens with one attached hydrogen (secondary N) is 1. The largest absolute Gasteiger partial charge is 0.497 e. The van der Waals surface area contributed by atoms with Crippen molar-refractivity contribution < 1.29 is 12.2 Å². The van der Waals surface area contributed by atoms with Crippen molar-refractivity contribution in [3.63, 3.8) is 0 Å². The predicted octanol–water partition coefficient (Wildman–Crippen LogP) is 2.05. The first-order valence-corrected chi connectivity index (χ1v) is 6.57. The Morgan fingerprint density at radius 3 is 3.05 bits per heavy atom. The van der Waals surface area contributed by atoms with Crippen LogP contribution in [0.25, 0.3) is 10.9 Å². The summed E-state index contributed by atoms with van der Waals surface area (Å²) in [4.78, 5) is 5.06. The van der Waals surface area contributed by atoms with Gasteiger partial charge in [0.1, 0.15) is 5.75 Å². The molecule has 4 nitrogen and oxygen atoms in total. The molecule has 1 fully saturated rings. The van der Waals surface area contributed by atoms with Crippen LogP contribution in [0.4, 0.5) is 0 Å². The molecule has 1 saturated heterocycles. The van der Waals surface area contributed by atoms with Gasteiger partial charge < -0.3 is 14.5 Å². The first kappa shape index (κ1) is 10.3. The SMILES string of the molecule is [2H]C([2H])(Cc1c[nH]c2ccc(OC)cc12)N1CCOCC1. The van der Waals surface area contributed by atoms with Crippen LogP contribution in [0.3, 0.4) is 0 Å². The average Bonchev–Trinajstić information content (AvgIpc) is 2.90. The topological polar surface area (TPSA) is 37.5 Å². The number of H-pyrrole nitrogens is 1. The molecule has 1 aliphatic heterocycles. The van der Waals surface area contributed by atoms with Crippen molar-refractivity contribution in [1.29, 1.82) is 0 Å². The fraction of sp³-hybridized carbons (Fsp3) is 0.467. The molecule has 4 heteroatoms. The second-order valence-corrected chi connectivity index (χ2v) is 4.66. The van der Waals surface area contributed by atoms with Crippen LogP contribution in [0.15, 0.2) is 24.4 Å². The zero-order chi connectivity index (χ0) is 14.9. The Bertz CT molecular complexity index is 621. The minimum Gasteiger partial charge on any atom is -0.497 e. The van der Waals surface area contributed by atoms with Crippen molar-refractivity contribution in [1.82, 2.24) is 9.88 Å². The van der Waals surface area contributed by atoms with Gasteiger partial charge in [-0.3, -0.25) is 4.90 Å². The highest BCUT2D eigenvalue weighted by Gasteiger charge is 2.11. The standard InChI is InChI=1S/C15H20N2O2/c1-18-13-2-3-15-14(10-13)12(11-16-15)4-5-17-6-8-19-9-7-17/h2-3,10-11,16H,4-9H2,1H3/i5D2. The van der Waals surface area contributed by atoms with Crippen LogP contribution in [0.5, 0.6) is 5.75 Å². The van der Waals surface area contributed by atoms with E-state index in [1.165, 1.54) is 0 Å². The van der Waals surface area contributed by atoms with E-state index in [-0.39, 0.29) is 0 Å². The number of benzene rings is 1. The van der Waals surface area contributed by atoms with Crippen LogP contribution >= 0.6 is 0 Å². The summed E-state index contributed by atoms with van der Waals surface area (Å²) >= 11 is 0. The van der Waals surface area contributed by atoms with Crippen molar-refractivity contribution in [2.24, 2.45) is 0 Å². The number of aryl methyl sites for hydroxylation is 1. The van der Waals surface area contributed by atoms with Gasteiger partial charge in [0, 0.05) is 39.4 Å². The molecule has 0 unspecified atom stereocenters. The highest BCUT2D eigenvalue weighted by Crippen LogP contribution is 2.24. The maximum absolute atomic E-state index is 8.36. The highest BCUT2D eigenvalue weighted by atomic mass is 16.5. The summed E-state index contributed by atoms with van der Waals surface area (Å²) in [6, 6.07) is 5.82. The summed E-state index contributed by atoms with van der Waals surface area (Å²) in [6.45, 7) is 1.10. The van der Waals surface area contributed by atoms with Crippen molar-refractivity contribution >= 4 is 10.9 Å². The Labute approximate surface area is 116 Å². The van der Waals surface area contributed by atoms with Gasteiger partial charge in [-0.15, -0.1) is 0 Å². The normalized spacial score (nSPS) is 19.2. The van der Waals surface area contributed by atoms with Crippen molar-refractivity contribution in [3.8, 4) is 5.75 Å². The average molecular weight is 262 g/mol. The highest BCUT2D eigenvalue weighted by molar-refractivity contribution is 5.84. The van der Waals surface area contributed by atoms with Crippen LogP contribution in [-0.2, 0) is 11.2 Å². The second-order valence-electron chi connectivity index (χ2n) is 4.66. The molecule has 0 aliphatic carbocycles. The maximum atomic E-state index is 8.36. The van der Waals surface area contributed by atoms with Crippen molar-refractivity contribution in [2.75, 3.05) is 39.9 Å². The van der Waals surface area contributed by atoms with Crippen LogP contribution in [-0.4, -0.2) is 49.8 Å². The fourth-order valence-corrected chi connectivity index (χ4v) is 2.35. The van der Waals surface area contributed by atoms with Gasteiger partial charge in [0.2, 0.25) is 0 Å². The molecule has 1 N–H and O–H groups in total. The predicted molar refractivity (Wildman–Crippen MR) is 75.8 cm³/mol. The van der Waals surface area contributed by atoms with E-state index in [2.05, 4.69) is 4.98 Å². The quantitative estimate of drug-likeness (QED) is 0.916. The van der Waals surface area contributed by atoms with Crippen LogP contribution in [0.1, 0.15) is 8.30 Å². The summed E-state index contributed by atoms with van der Waals surface area (Å²) < 4.78 is 27.3. The third kappa shape index (κ3) is 2.74. The summed E-state index contributed by atoms with van der Waals surface area (Å²) in [5, 5.41) is 1.02. The molecular weight excluding hydrogens is 240 g/mol. The van der Waals surface area contributed by atoms with Gasteiger partial charge in [0.25, 0.3) is 0 Å². The van der Waals surface area contributed by atoms with Gasteiger partial charge in [-0.05, 0) is 30.2 Å². The molecule has 2 aromatic rings. The lowest BCUT2D eigenvalue weighted by Crippen LogP contribution is -2.37. The number of hydrogen-bond donors (Lipinski definition) is 1. The molecule has 3 rings (SSSR count). The van der Waals surface area contributed by atoms with E-state index in [0.717, 1.165) is 22.2 Å². The molecule has 0 bridgehead atoms. The minimum atomic E-state index is -1.37. The molecule has 1 aromatic carbocycles. The number of nitrogens with zero attached hydrogens (tertiary/aromatic N) is 1. The first-order valence-electron chi connectivity index (χ1n) is 7.57. The molecular formula is C15H20N2O2. The molecule has 1 aliphatic rings. The number of aromatic amines is 1. The molecule has 0 atom stereocenters. The van der Waals surface area contributed by atoms with E-state index < -0.39 is 6.50 Å². The monoisotopic (exact) mass is 262 g/mol. The van der Waals surface area contributed by atoms with E-state index in [1.807, 2.05) is 29.3 Å². The summed E-state index contributed by atoms with van der Waals surface area (Å²) in [5.41, 5.74) is 1.98. The van der Waals surface area contributed by atoms with E-state index in [9.17, 15) is 0 Å². The molecule has 0 radical (unpaired) electrons. The zero-order valence-corrected chi connectivity index (χ0v) is 11.1. The molecule has 2 heterocycles. The van der Waals surface area contributed by atoms with E-state index in [4.69, 9.17) is 12.2 Å². The summed E-state index contributed by atoms with van der Waals surface area (Å²) in [7, 11) is 1.64. The minimum absolute atomic E-state index is 0.347. The Kier molecular flexibility index (Phi) is 3.05. The van der Waals surface area contributed by atoms with Crippen molar-refractivity contribution in [2.45, 2.75) is 6.42 Å². The third-order valence-electron chi connectivity index (χ3n) is 3.48. The number of rotatable bonds is 4. The van der Waals surface area contributed by atoms with Gasteiger partial charge >= 0.3 is 0 Å². The van der Waals surface area contributed by atoms with Gasteiger partial charge in [-0.25, -0.2) is 0 Å². The molecule has 0 spiro atoms. The number of fused-ring (bicyclic) bond motifs is 1. The Hall–Kier alpha value is -1.52.